The number of hydrogen-bond acceptors (Lipinski definition) is 2. The number of ether oxygens (including phenoxy) is 1. The minimum atomic E-state index is -2.89. The first kappa shape index (κ1) is 32.9. The zero-order valence-corrected chi connectivity index (χ0v) is 43.2. The predicted octanol–water partition coefficient (Wildman–Crippen LogP) is 18.8. The standard InChI is InChI=1S/C74H58N4O/c1-46-20-15-21-47(2)69(46)51-40-64-57-28-11-12-30-60(57)71-56(50-24-9-8-10-25-50)31-18-32-61(71)62-33-19-34-63(70-48(3)22-16-23-49(70)4)72(62)77-45-76(67(41-51)73(64)77)53-26-17-27-54(43-53)79-55-36-37-59-58-29-13-14-35-65(58)78(66(59)44-55)68-42-52(38-39-75-68)74(5,6)7/h8-44H,1-7H3/i1D3,2D3,3D3,4D3,8D,9D,10D,24D,25D. The largest absolute Gasteiger partial charge is 0.458 e. The zero-order chi connectivity index (χ0) is 68.0. The van der Waals surface area contributed by atoms with Crippen molar-refractivity contribution in [2.24, 2.45) is 0 Å². The van der Waals surface area contributed by atoms with E-state index in [2.05, 4.69) is 49.9 Å². The van der Waals surface area contributed by atoms with E-state index in [4.69, 9.17) is 30.3 Å². The van der Waals surface area contributed by atoms with Gasteiger partial charge in [-0.3, -0.25) is 13.7 Å². The van der Waals surface area contributed by atoms with E-state index in [0.29, 0.717) is 61.6 Å². The SMILES string of the molecule is [2H]c1c([2H])c([2H])c(-c2cccc3c2-c2ccccc2-c2cc(-c4c(C([2H])([2H])[2H])cccc4C([2H])([2H])[2H])cc4c2[n+]([c-]n4-c2cccc(Oc4ccc5c6ccccc6n(-c6cc(C(C)(C)C)ccn6)c5c4)c2)-c2c-3cccc2-c2c(C([2H])([2H])[2H])cccc2C([2H])([2H])[2H])c([2H])c1[2H]. The highest BCUT2D eigenvalue weighted by Crippen LogP contribution is 2.50. The number of aryl methyl sites for hydroxylation is 4. The van der Waals surface area contributed by atoms with E-state index in [0.717, 1.165) is 33.2 Å². The number of para-hydroxylation sites is 2. The van der Waals surface area contributed by atoms with Crippen molar-refractivity contribution < 1.29 is 32.6 Å². The van der Waals surface area contributed by atoms with Crippen LogP contribution in [0.4, 0.5) is 0 Å². The highest BCUT2D eigenvalue weighted by Gasteiger charge is 2.30. The Morgan fingerprint density at radius 2 is 1.14 bits per heavy atom. The van der Waals surface area contributed by atoms with Gasteiger partial charge in [0.15, 0.2) is 0 Å². The molecule has 0 unspecified atom stereocenters. The van der Waals surface area contributed by atoms with Crippen LogP contribution in [0.25, 0.3) is 117 Å². The van der Waals surface area contributed by atoms with E-state index in [1.807, 2.05) is 60.8 Å². The topological polar surface area (TPSA) is 35.9 Å². The Kier molecular flexibility index (Phi) is 7.73. The average molecular weight is 1040 g/mol. The second-order valence-electron chi connectivity index (χ2n) is 20.9. The number of imidazole rings is 1. The Morgan fingerprint density at radius 3 is 1.91 bits per heavy atom. The maximum Gasteiger partial charge on any atom is 0.269 e. The first-order valence-corrected chi connectivity index (χ1v) is 25.9. The lowest BCUT2D eigenvalue weighted by atomic mass is 9.83. The lowest BCUT2D eigenvalue weighted by Crippen LogP contribution is -2.32. The van der Waals surface area contributed by atoms with Gasteiger partial charge < -0.3 is 4.74 Å². The Hall–Kier alpha value is -9.58. The summed E-state index contributed by atoms with van der Waals surface area (Å²) >= 11 is 0. The van der Waals surface area contributed by atoms with Crippen molar-refractivity contribution in [2.75, 3.05) is 0 Å². The Morgan fingerprint density at radius 1 is 0.494 bits per heavy atom. The smallest absolute Gasteiger partial charge is 0.269 e. The van der Waals surface area contributed by atoms with Crippen LogP contribution < -0.4 is 9.30 Å². The number of hydrogen-bond donors (Lipinski definition) is 0. The number of nitrogens with zero attached hydrogens (tertiary/aromatic N) is 4. The molecule has 5 heteroatoms. The summed E-state index contributed by atoms with van der Waals surface area (Å²) in [5.74, 6) is 1.57. The monoisotopic (exact) mass is 1040 g/mol. The quantitative estimate of drug-likeness (QED) is 0.118. The van der Waals surface area contributed by atoms with Gasteiger partial charge in [-0.25, -0.2) is 4.98 Å². The number of aromatic nitrogens is 4. The van der Waals surface area contributed by atoms with Crippen LogP contribution in [0.5, 0.6) is 11.5 Å². The third-order valence-corrected chi connectivity index (χ3v) is 15.1. The average Bonchev–Trinajstić information content (AvgIpc) is 1.51. The normalized spacial score (nSPS) is 15.8. The van der Waals surface area contributed by atoms with Gasteiger partial charge in [-0.15, -0.1) is 0 Å². The number of benzene rings is 10. The minimum absolute atomic E-state index is 0.0900. The van der Waals surface area contributed by atoms with Crippen molar-refractivity contribution >= 4 is 32.8 Å². The first-order valence-electron chi connectivity index (χ1n) is 34.4. The third-order valence-electron chi connectivity index (χ3n) is 15.1. The molecule has 380 valence electrons. The Labute approximate surface area is 485 Å². The summed E-state index contributed by atoms with van der Waals surface area (Å²) in [5, 5.41) is 1.98. The van der Waals surface area contributed by atoms with Crippen molar-refractivity contribution in [3.8, 4) is 95.5 Å². The Balaban J connectivity index is 1.11. The van der Waals surface area contributed by atoms with Gasteiger partial charge in [-0.05, 0) is 182 Å². The summed E-state index contributed by atoms with van der Waals surface area (Å²) in [4.78, 5) is 4.87. The number of rotatable bonds is 7. The van der Waals surface area contributed by atoms with E-state index in [-0.39, 0.29) is 66.7 Å². The predicted molar refractivity (Wildman–Crippen MR) is 326 cm³/mol. The van der Waals surface area contributed by atoms with E-state index < -0.39 is 57.6 Å². The fourth-order valence-electron chi connectivity index (χ4n) is 11.5. The molecular weight excluding hydrogens is 961 g/mol. The van der Waals surface area contributed by atoms with E-state index in [1.165, 1.54) is 36.4 Å². The van der Waals surface area contributed by atoms with Crippen LogP contribution >= 0.6 is 0 Å². The lowest BCUT2D eigenvalue weighted by molar-refractivity contribution is -0.570. The summed E-state index contributed by atoms with van der Waals surface area (Å²) in [7, 11) is 0. The molecule has 0 radical (unpaired) electrons. The van der Waals surface area contributed by atoms with Crippen LogP contribution in [-0.2, 0) is 5.41 Å². The molecule has 0 aliphatic carbocycles. The lowest BCUT2D eigenvalue weighted by Gasteiger charge is -2.22. The molecule has 79 heavy (non-hydrogen) atoms. The second-order valence-corrected chi connectivity index (χ2v) is 20.9. The molecule has 0 spiro atoms. The van der Waals surface area contributed by atoms with Crippen LogP contribution in [0, 0.1) is 33.7 Å². The van der Waals surface area contributed by atoms with Gasteiger partial charge in [-0.1, -0.05) is 178 Å². The highest BCUT2D eigenvalue weighted by molar-refractivity contribution is 6.10. The van der Waals surface area contributed by atoms with E-state index in [1.54, 1.807) is 88.0 Å². The molecule has 1 aliphatic heterocycles. The summed E-state index contributed by atoms with van der Waals surface area (Å²) in [6.07, 6.45) is 5.46. The molecule has 3 aromatic heterocycles. The van der Waals surface area contributed by atoms with Gasteiger partial charge >= 0.3 is 0 Å². The maximum atomic E-state index is 9.41. The fraction of sp³-hybridized carbons (Fsp3) is 0.108. The van der Waals surface area contributed by atoms with Crippen molar-refractivity contribution in [3.05, 3.63) is 259 Å². The molecule has 0 amide bonds. The van der Waals surface area contributed by atoms with Crippen molar-refractivity contribution in [2.45, 2.75) is 53.6 Å². The van der Waals surface area contributed by atoms with E-state index in [9.17, 15) is 2.74 Å². The summed E-state index contributed by atoms with van der Waals surface area (Å²) in [6, 6.07) is 51.6. The molecule has 0 fully saturated rings. The summed E-state index contributed by atoms with van der Waals surface area (Å²) < 4.78 is 165. The molecule has 0 N–H and O–H groups in total. The molecule has 0 saturated heterocycles. The molecule has 0 saturated carbocycles. The molecule has 4 heterocycles. The maximum absolute atomic E-state index is 9.41. The van der Waals surface area contributed by atoms with Gasteiger partial charge in [0, 0.05) is 39.5 Å². The van der Waals surface area contributed by atoms with Crippen molar-refractivity contribution in [1.29, 1.82) is 0 Å². The summed E-state index contributed by atoms with van der Waals surface area (Å²) in [5.41, 5.74) is 5.45. The molecular formula is C74H58N4O. The molecule has 10 aromatic carbocycles. The molecule has 14 rings (SSSR count). The zero-order valence-electron chi connectivity index (χ0n) is 60.2. The van der Waals surface area contributed by atoms with Gasteiger partial charge in [0.2, 0.25) is 0 Å². The van der Waals surface area contributed by atoms with Gasteiger partial charge in [0.1, 0.15) is 17.3 Å². The number of fused-ring (bicyclic) bond motifs is 10. The molecule has 13 aromatic rings. The molecule has 0 bridgehead atoms. The highest BCUT2D eigenvalue weighted by atomic mass is 16.5. The van der Waals surface area contributed by atoms with Gasteiger partial charge in [-0.2, -0.15) is 0 Å². The third kappa shape index (κ3) is 7.90. The van der Waals surface area contributed by atoms with Crippen LogP contribution in [0.1, 0.15) is 71.9 Å². The Bertz CT molecular complexity index is 5300. The van der Waals surface area contributed by atoms with E-state index >= 15 is 0 Å². The fourth-order valence-corrected chi connectivity index (χ4v) is 11.5. The molecule has 0 atom stereocenters. The summed E-state index contributed by atoms with van der Waals surface area (Å²) in [6.45, 7) is -5.06. The first-order chi connectivity index (χ1) is 45.4. The van der Waals surface area contributed by atoms with Crippen molar-refractivity contribution in [1.82, 2.24) is 14.1 Å². The van der Waals surface area contributed by atoms with Crippen LogP contribution in [-0.4, -0.2) is 14.1 Å². The minimum Gasteiger partial charge on any atom is -0.458 e. The molecule has 5 nitrogen and oxygen atoms in total. The molecule has 1 aliphatic rings. The van der Waals surface area contributed by atoms with Crippen LogP contribution in [0.15, 0.2) is 224 Å². The number of pyridine rings is 1. The second kappa shape index (κ2) is 18.6. The van der Waals surface area contributed by atoms with Crippen LogP contribution in [0.2, 0.25) is 0 Å². The van der Waals surface area contributed by atoms with Gasteiger partial charge in [0.25, 0.3) is 6.33 Å². The van der Waals surface area contributed by atoms with Crippen molar-refractivity contribution in [3.63, 3.8) is 0 Å². The van der Waals surface area contributed by atoms with Gasteiger partial charge in [0.05, 0.1) is 40.3 Å². The van der Waals surface area contributed by atoms with Crippen LogP contribution in [0.3, 0.4) is 0 Å².